The summed E-state index contributed by atoms with van der Waals surface area (Å²) >= 11 is 0. The standard InChI is InChI=1S/C57H28N10/c58-29-35-15-19-45(42(23-35)32-61)40-18-22-53-49(26-40)48-13-7-8-14-52(48)67(53)54-50(46-20-16-36(30-59)24-43(46)33-62)27-41(28-51(54)47-21-17-37(31-60)25-44(47)34-63)57-65-55(38-9-3-1-4-10-38)64-56(66-57)39-11-5-2-6-12-39/h1-28H. The SMILES string of the molecule is N#Cc1ccc(-c2ccc3c(c2)c2ccccc2n3-c2c(-c3ccc(C#N)cc3C#N)cc(-c3nc(-c4ccccc4)nc(-c4ccccc4)n3)cc2-c2ccc(C#N)cc2C#N)c(C#N)c1. The summed E-state index contributed by atoms with van der Waals surface area (Å²) in [7, 11) is 0. The molecule has 0 unspecified atom stereocenters. The normalized spacial score (nSPS) is 10.6. The molecule has 10 aromatic rings. The summed E-state index contributed by atoms with van der Waals surface area (Å²) in [5.41, 5.74) is 9.64. The minimum atomic E-state index is 0.238. The summed E-state index contributed by atoms with van der Waals surface area (Å²) in [6, 6.07) is 65.3. The molecule has 0 aliphatic rings. The summed E-state index contributed by atoms with van der Waals surface area (Å²) in [6.07, 6.45) is 0. The van der Waals surface area contributed by atoms with Gasteiger partial charge < -0.3 is 4.57 Å². The minimum Gasteiger partial charge on any atom is -0.308 e. The lowest BCUT2D eigenvalue weighted by Gasteiger charge is -2.22. The topological polar surface area (TPSA) is 186 Å². The Morgan fingerprint density at radius 3 is 1.24 bits per heavy atom. The number of fused-ring (bicyclic) bond motifs is 3. The first kappa shape index (κ1) is 40.6. The predicted molar refractivity (Wildman–Crippen MR) is 255 cm³/mol. The predicted octanol–water partition coefficient (Wildman–Crippen LogP) is 12.2. The molecule has 0 bridgehead atoms. The van der Waals surface area contributed by atoms with E-state index in [1.165, 1.54) is 0 Å². The van der Waals surface area contributed by atoms with Crippen LogP contribution in [-0.4, -0.2) is 19.5 Å². The smallest absolute Gasteiger partial charge is 0.164 e. The molecule has 2 heterocycles. The summed E-state index contributed by atoms with van der Waals surface area (Å²) in [5.74, 6) is 1.19. The van der Waals surface area contributed by atoms with Crippen molar-refractivity contribution in [1.82, 2.24) is 19.5 Å². The molecular weight excluding hydrogens is 825 g/mol. The molecule has 0 saturated carbocycles. The Kier molecular flexibility index (Phi) is 10.3. The van der Waals surface area contributed by atoms with E-state index in [0.717, 1.165) is 38.5 Å². The Bertz CT molecular complexity index is 3790. The number of hydrogen-bond acceptors (Lipinski definition) is 9. The highest BCUT2D eigenvalue weighted by Gasteiger charge is 2.26. The van der Waals surface area contributed by atoms with Gasteiger partial charge in [0.05, 0.1) is 86.5 Å². The average molecular weight is 853 g/mol. The summed E-state index contributed by atoms with van der Waals surface area (Å²) in [6.45, 7) is 0. The molecule has 0 spiro atoms. The molecule has 0 amide bonds. The van der Waals surface area contributed by atoms with Crippen molar-refractivity contribution in [3.63, 3.8) is 0 Å². The number of aromatic nitrogens is 4. The lowest BCUT2D eigenvalue weighted by Crippen LogP contribution is -2.05. The van der Waals surface area contributed by atoms with Crippen molar-refractivity contribution < 1.29 is 0 Å². The fourth-order valence-electron chi connectivity index (χ4n) is 8.57. The third kappa shape index (κ3) is 7.21. The number of para-hydroxylation sites is 1. The van der Waals surface area contributed by atoms with Gasteiger partial charge in [-0.3, -0.25) is 0 Å². The molecule has 2 aromatic heterocycles. The third-order valence-electron chi connectivity index (χ3n) is 11.7. The van der Waals surface area contributed by atoms with Gasteiger partial charge in [0.25, 0.3) is 0 Å². The Balaban J connectivity index is 1.36. The second-order valence-corrected chi connectivity index (χ2v) is 15.5. The van der Waals surface area contributed by atoms with E-state index in [0.29, 0.717) is 78.8 Å². The van der Waals surface area contributed by atoms with Crippen molar-refractivity contribution in [3.8, 4) is 110 Å². The zero-order chi connectivity index (χ0) is 46.0. The van der Waals surface area contributed by atoms with Crippen LogP contribution in [0.4, 0.5) is 0 Å². The molecule has 10 nitrogen and oxygen atoms in total. The van der Waals surface area contributed by atoms with E-state index in [2.05, 4.69) is 41.0 Å². The maximum absolute atomic E-state index is 10.8. The van der Waals surface area contributed by atoms with Crippen LogP contribution in [0.1, 0.15) is 33.4 Å². The number of hydrogen-bond donors (Lipinski definition) is 0. The highest BCUT2D eigenvalue weighted by atomic mass is 15.0. The van der Waals surface area contributed by atoms with E-state index in [1.807, 2.05) is 115 Å². The number of nitrogens with zero attached hydrogens (tertiary/aromatic N) is 10. The number of benzene rings is 8. The molecule has 0 N–H and O–H groups in total. The van der Waals surface area contributed by atoms with E-state index in [-0.39, 0.29) is 11.1 Å². The molecule has 0 saturated heterocycles. The third-order valence-corrected chi connectivity index (χ3v) is 11.7. The first-order chi connectivity index (χ1) is 32.9. The molecule has 10 heteroatoms. The van der Waals surface area contributed by atoms with Crippen LogP contribution in [0.3, 0.4) is 0 Å². The summed E-state index contributed by atoms with van der Waals surface area (Å²) in [4.78, 5) is 15.1. The molecule has 0 fully saturated rings. The molecule has 10 rings (SSSR count). The van der Waals surface area contributed by atoms with Gasteiger partial charge in [-0.15, -0.1) is 0 Å². The molecule has 306 valence electrons. The van der Waals surface area contributed by atoms with Crippen molar-refractivity contribution >= 4 is 21.8 Å². The van der Waals surface area contributed by atoms with Crippen molar-refractivity contribution in [2.45, 2.75) is 0 Å². The van der Waals surface area contributed by atoms with Crippen molar-refractivity contribution in [2.24, 2.45) is 0 Å². The molecule has 0 aliphatic carbocycles. The average Bonchev–Trinajstić information content (AvgIpc) is 3.73. The quantitative estimate of drug-likeness (QED) is 0.150. The molecular formula is C57H28N10. The van der Waals surface area contributed by atoms with Crippen LogP contribution in [0.5, 0.6) is 0 Å². The number of rotatable bonds is 7. The van der Waals surface area contributed by atoms with E-state index in [4.69, 9.17) is 15.0 Å². The second-order valence-electron chi connectivity index (χ2n) is 15.5. The first-order valence-electron chi connectivity index (χ1n) is 20.9. The molecule has 67 heavy (non-hydrogen) atoms. The van der Waals surface area contributed by atoms with E-state index >= 15 is 0 Å². The van der Waals surface area contributed by atoms with Crippen molar-refractivity contribution in [2.75, 3.05) is 0 Å². The maximum atomic E-state index is 10.8. The van der Waals surface area contributed by atoms with Gasteiger partial charge in [-0.05, 0) is 77.9 Å². The van der Waals surface area contributed by atoms with Gasteiger partial charge in [0.1, 0.15) is 0 Å². The van der Waals surface area contributed by atoms with Crippen LogP contribution in [0.2, 0.25) is 0 Å². The minimum absolute atomic E-state index is 0.238. The van der Waals surface area contributed by atoms with Crippen molar-refractivity contribution in [1.29, 1.82) is 31.6 Å². The van der Waals surface area contributed by atoms with Crippen LogP contribution in [0.15, 0.2) is 170 Å². The second kappa shape index (κ2) is 17.0. The van der Waals surface area contributed by atoms with Crippen LogP contribution in [0, 0.1) is 68.0 Å². The molecule has 0 radical (unpaired) electrons. The van der Waals surface area contributed by atoms with E-state index in [9.17, 15) is 31.6 Å². The van der Waals surface area contributed by atoms with Gasteiger partial charge in [0, 0.05) is 49.7 Å². The molecule has 8 aromatic carbocycles. The number of nitriles is 6. The molecule has 0 atom stereocenters. The van der Waals surface area contributed by atoms with Gasteiger partial charge in [-0.25, -0.2) is 15.0 Å². The van der Waals surface area contributed by atoms with Gasteiger partial charge in [-0.1, -0.05) is 103 Å². The fraction of sp³-hybridized carbons (Fsp3) is 0. The van der Waals surface area contributed by atoms with Gasteiger partial charge in [0.2, 0.25) is 0 Å². The molecule has 0 aliphatic heterocycles. The summed E-state index contributed by atoms with van der Waals surface area (Å²) < 4.78 is 2.10. The van der Waals surface area contributed by atoms with E-state index in [1.54, 1.807) is 54.6 Å². The van der Waals surface area contributed by atoms with Crippen molar-refractivity contribution in [3.05, 3.63) is 203 Å². The van der Waals surface area contributed by atoms with Gasteiger partial charge in [-0.2, -0.15) is 31.6 Å². The monoisotopic (exact) mass is 852 g/mol. The Hall–Kier alpha value is -10.5. The lowest BCUT2D eigenvalue weighted by molar-refractivity contribution is 1.07. The maximum Gasteiger partial charge on any atom is 0.164 e. The van der Waals surface area contributed by atoms with Crippen LogP contribution in [-0.2, 0) is 0 Å². The first-order valence-corrected chi connectivity index (χ1v) is 20.9. The van der Waals surface area contributed by atoms with E-state index < -0.39 is 0 Å². The largest absolute Gasteiger partial charge is 0.308 e. The highest BCUT2D eigenvalue weighted by Crippen LogP contribution is 2.46. The fourth-order valence-corrected chi connectivity index (χ4v) is 8.57. The van der Waals surface area contributed by atoms with Gasteiger partial charge >= 0.3 is 0 Å². The zero-order valence-corrected chi connectivity index (χ0v) is 35.1. The van der Waals surface area contributed by atoms with Crippen LogP contribution >= 0.6 is 0 Å². The van der Waals surface area contributed by atoms with Crippen LogP contribution in [0.25, 0.3) is 95.0 Å². The Labute approximate surface area is 384 Å². The highest BCUT2D eigenvalue weighted by molar-refractivity contribution is 6.12. The Morgan fingerprint density at radius 1 is 0.313 bits per heavy atom. The summed E-state index contributed by atoms with van der Waals surface area (Å²) in [5, 5.41) is 63.0. The van der Waals surface area contributed by atoms with Gasteiger partial charge in [0.15, 0.2) is 17.5 Å². The lowest BCUT2D eigenvalue weighted by atomic mass is 9.88. The van der Waals surface area contributed by atoms with Crippen LogP contribution < -0.4 is 0 Å². The zero-order valence-electron chi connectivity index (χ0n) is 35.1. The Morgan fingerprint density at radius 2 is 0.746 bits per heavy atom.